The van der Waals surface area contributed by atoms with Crippen LogP contribution in [0.15, 0.2) is 66.2 Å². The summed E-state index contributed by atoms with van der Waals surface area (Å²) in [5.74, 6) is 2.08. The first-order chi connectivity index (χ1) is 14.0. The number of anilines is 1. The van der Waals surface area contributed by atoms with Crippen LogP contribution in [0.5, 0.6) is 0 Å². The summed E-state index contributed by atoms with van der Waals surface area (Å²) < 4.78 is 29.8. The van der Waals surface area contributed by atoms with Crippen LogP contribution in [-0.4, -0.2) is 46.0 Å². The highest BCUT2D eigenvalue weighted by Crippen LogP contribution is 2.20. The molecule has 9 nitrogen and oxygen atoms in total. The number of rotatable bonds is 7. The molecule has 0 amide bonds. The molecule has 1 aromatic carbocycles. The van der Waals surface area contributed by atoms with Gasteiger partial charge in [0.25, 0.3) is 0 Å². The standard InChI is InChI=1S/C19H19N7O2S/c1-14-20-10-11-26(14)18-12-17(23-13-24-18)21-8-9-25-29(27,28)16-6-2-4-15-5-3-7-22-19(15)16/h2-7,10-13,25H,8-9H2,1H3,(H,21,23,24). The summed E-state index contributed by atoms with van der Waals surface area (Å²) in [6.07, 6.45) is 6.54. The van der Waals surface area contributed by atoms with E-state index >= 15 is 0 Å². The molecule has 0 aliphatic heterocycles. The van der Waals surface area contributed by atoms with Gasteiger partial charge in [0.15, 0.2) is 0 Å². The van der Waals surface area contributed by atoms with Crippen molar-refractivity contribution in [3.63, 3.8) is 0 Å². The Morgan fingerprint density at radius 3 is 2.69 bits per heavy atom. The van der Waals surface area contributed by atoms with Crippen LogP contribution in [0.3, 0.4) is 0 Å². The summed E-state index contributed by atoms with van der Waals surface area (Å²) in [6.45, 7) is 2.43. The van der Waals surface area contributed by atoms with Gasteiger partial charge < -0.3 is 5.32 Å². The van der Waals surface area contributed by atoms with Crippen LogP contribution in [0.25, 0.3) is 16.7 Å². The number of nitrogens with one attached hydrogen (secondary N) is 2. The number of imidazole rings is 1. The summed E-state index contributed by atoms with van der Waals surface area (Å²) >= 11 is 0. The van der Waals surface area contributed by atoms with Crippen molar-refractivity contribution in [3.8, 4) is 5.82 Å². The molecular formula is C19H19N7O2S. The average Bonchev–Trinajstić information content (AvgIpc) is 3.17. The monoisotopic (exact) mass is 409 g/mol. The average molecular weight is 409 g/mol. The zero-order valence-electron chi connectivity index (χ0n) is 15.6. The van der Waals surface area contributed by atoms with Crippen molar-refractivity contribution in [2.75, 3.05) is 18.4 Å². The molecule has 0 atom stereocenters. The molecule has 0 spiro atoms. The SMILES string of the molecule is Cc1nccn1-c1cc(NCCNS(=O)(=O)c2cccc3cccnc23)ncn1. The highest BCUT2D eigenvalue weighted by Gasteiger charge is 2.17. The fraction of sp³-hybridized carbons (Fsp3) is 0.158. The highest BCUT2D eigenvalue weighted by molar-refractivity contribution is 7.89. The molecule has 0 radical (unpaired) electrons. The number of aromatic nitrogens is 5. The Bertz CT molecular complexity index is 1250. The van der Waals surface area contributed by atoms with Crippen LogP contribution in [-0.2, 0) is 10.0 Å². The van der Waals surface area contributed by atoms with Gasteiger partial charge in [0.05, 0.1) is 5.52 Å². The van der Waals surface area contributed by atoms with Crippen LogP contribution in [0, 0.1) is 6.92 Å². The highest BCUT2D eigenvalue weighted by atomic mass is 32.2. The quantitative estimate of drug-likeness (QED) is 0.448. The van der Waals surface area contributed by atoms with Crippen LogP contribution in [0.2, 0.25) is 0 Å². The Kier molecular flexibility index (Phi) is 5.19. The molecule has 0 aliphatic carbocycles. The zero-order valence-corrected chi connectivity index (χ0v) is 16.5. The van der Waals surface area contributed by atoms with E-state index in [2.05, 4.69) is 30.0 Å². The second-order valence-electron chi connectivity index (χ2n) is 6.26. The van der Waals surface area contributed by atoms with E-state index in [0.29, 0.717) is 23.7 Å². The van der Waals surface area contributed by atoms with Gasteiger partial charge in [-0.25, -0.2) is 28.1 Å². The molecule has 3 heterocycles. The molecule has 4 rings (SSSR count). The fourth-order valence-corrected chi connectivity index (χ4v) is 4.15. The molecule has 10 heteroatoms. The van der Waals surface area contributed by atoms with E-state index in [1.807, 2.05) is 29.8 Å². The second kappa shape index (κ2) is 7.94. The maximum atomic E-state index is 12.7. The first kappa shape index (κ1) is 19.0. The summed E-state index contributed by atoms with van der Waals surface area (Å²) in [7, 11) is -3.69. The van der Waals surface area contributed by atoms with Crippen LogP contribution >= 0.6 is 0 Å². The van der Waals surface area contributed by atoms with Crippen LogP contribution in [0.1, 0.15) is 5.82 Å². The van der Waals surface area contributed by atoms with Gasteiger partial charge in [-0.15, -0.1) is 0 Å². The number of sulfonamides is 1. The van der Waals surface area contributed by atoms with Crippen molar-refractivity contribution < 1.29 is 8.42 Å². The predicted octanol–water partition coefficient (Wildman–Crippen LogP) is 1.91. The number of benzene rings is 1. The van der Waals surface area contributed by atoms with E-state index < -0.39 is 10.0 Å². The zero-order chi connectivity index (χ0) is 20.3. The molecule has 0 bridgehead atoms. The van der Waals surface area contributed by atoms with E-state index in [0.717, 1.165) is 11.2 Å². The third-order valence-corrected chi connectivity index (χ3v) is 5.83. The summed E-state index contributed by atoms with van der Waals surface area (Å²) in [5.41, 5.74) is 0.451. The number of hydrogen-bond acceptors (Lipinski definition) is 7. The number of hydrogen-bond donors (Lipinski definition) is 2. The first-order valence-corrected chi connectivity index (χ1v) is 10.4. The topological polar surface area (TPSA) is 115 Å². The third kappa shape index (κ3) is 4.08. The van der Waals surface area contributed by atoms with Gasteiger partial charge in [-0.3, -0.25) is 9.55 Å². The van der Waals surface area contributed by atoms with E-state index in [-0.39, 0.29) is 11.4 Å². The summed E-state index contributed by atoms with van der Waals surface area (Å²) in [4.78, 5) is 16.9. The lowest BCUT2D eigenvalue weighted by Crippen LogP contribution is -2.29. The number of pyridine rings is 1. The lowest BCUT2D eigenvalue weighted by molar-refractivity contribution is 0.583. The number of nitrogens with zero attached hydrogens (tertiary/aromatic N) is 5. The summed E-state index contributed by atoms with van der Waals surface area (Å²) in [5, 5.41) is 3.88. The molecule has 4 aromatic rings. The smallest absolute Gasteiger partial charge is 0.242 e. The van der Waals surface area contributed by atoms with Crippen molar-refractivity contribution >= 4 is 26.7 Å². The van der Waals surface area contributed by atoms with Crippen molar-refractivity contribution in [1.82, 2.24) is 29.2 Å². The maximum Gasteiger partial charge on any atom is 0.242 e. The third-order valence-electron chi connectivity index (χ3n) is 4.33. The number of para-hydroxylation sites is 1. The minimum absolute atomic E-state index is 0.163. The van der Waals surface area contributed by atoms with Crippen molar-refractivity contribution in [1.29, 1.82) is 0 Å². The molecule has 29 heavy (non-hydrogen) atoms. The number of fused-ring (bicyclic) bond motifs is 1. The number of aryl methyl sites for hydroxylation is 1. The maximum absolute atomic E-state index is 12.7. The van der Waals surface area contributed by atoms with Gasteiger partial charge in [0.1, 0.15) is 28.7 Å². The second-order valence-corrected chi connectivity index (χ2v) is 8.00. The van der Waals surface area contributed by atoms with Gasteiger partial charge in [-0.1, -0.05) is 18.2 Å². The Labute approximate surface area is 167 Å². The van der Waals surface area contributed by atoms with Gasteiger partial charge in [0, 0.05) is 43.1 Å². The molecular weight excluding hydrogens is 390 g/mol. The van der Waals surface area contributed by atoms with Gasteiger partial charge in [-0.05, 0) is 19.1 Å². The molecule has 148 valence electrons. The molecule has 2 N–H and O–H groups in total. The largest absolute Gasteiger partial charge is 0.369 e. The van der Waals surface area contributed by atoms with E-state index in [1.165, 1.54) is 6.33 Å². The summed E-state index contributed by atoms with van der Waals surface area (Å²) in [6, 6.07) is 10.5. The lowest BCUT2D eigenvalue weighted by atomic mass is 10.2. The molecule has 3 aromatic heterocycles. The van der Waals surface area contributed by atoms with Crippen molar-refractivity contribution in [2.45, 2.75) is 11.8 Å². The van der Waals surface area contributed by atoms with Crippen molar-refractivity contribution in [3.05, 3.63) is 67.1 Å². The predicted molar refractivity (Wildman–Crippen MR) is 109 cm³/mol. The molecule has 0 aliphatic rings. The van der Waals surface area contributed by atoms with Crippen molar-refractivity contribution in [2.24, 2.45) is 0 Å². The molecule has 0 unspecified atom stereocenters. The van der Waals surface area contributed by atoms with Gasteiger partial charge >= 0.3 is 0 Å². The Morgan fingerprint density at radius 2 is 1.86 bits per heavy atom. The minimum atomic E-state index is -3.69. The van der Waals surface area contributed by atoms with E-state index in [9.17, 15) is 8.42 Å². The van der Waals surface area contributed by atoms with E-state index in [4.69, 9.17) is 0 Å². The normalized spacial score (nSPS) is 11.6. The van der Waals surface area contributed by atoms with Gasteiger partial charge in [-0.2, -0.15) is 0 Å². The first-order valence-electron chi connectivity index (χ1n) is 8.94. The molecule has 0 fully saturated rings. The molecule has 0 saturated heterocycles. The van der Waals surface area contributed by atoms with Crippen LogP contribution in [0.4, 0.5) is 5.82 Å². The molecule has 0 saturated carbocycles. The van der Waals surface area contributed by atoms with E-state index in [1.54, 1.807) is 36.7 Å². The Balaban J connectivity index is 1.41. The Morgan fingerprint density at radius 1 is 1.00 bits per heavy atom. The fourth-order valence-electron chi connectivity index (χ4n) is 2.94. The van der Waals surface area contributed by atoms with Gasteiger partial charge in [0.2, 0.25) is 10.0 Å². The minimum Gasteiger partial charge on any atom is -0.369 e. The van der Waals surface area contributed by atoms with Crippen LogP contribution < -0.4 is 10.0 Å². The Hall–Kier alpha value is -3.37. The lowest BCUT2D eigenvalue weighted by Gasteiger charge is -2.10.